The van der Waals surface area contributed by atoms with Gasteiger partial charge in [-0.3, -0.25) is 0 Å². The van der Waals surface area contributed by atoms with Crippen molar-refractivity contribution >= 4 is 17.0 Å². The molecule has 1 N–H and O–H groups in total. The lowest BCUT2D eigenvalue weighted by molar-refractivity contribution is 0.529. The number of aryl methyl sites for hydroxylation is 1. The number of benzene rings is 1. The fourth-order valence-electron chi connectivity index (χ4n) is 3.44. The molecule has 23 heavy (non-hydrogen) atoms. The molecule has 0 amide bonds. The Kier molecular flexibility index (Phi) is 3.69. The molecule has 1 saturated carbocycles. The molecule has 5 nitrogen and oxygen atoms in total. The molecule has 0 atom stereocenters. The van der Waals surface area contributed by atoms with Gasteiger partial charge in [-0.1, -0.05) is 42.7 Å². The summed E-state index contributed by atoms with van der Waals surface area (Å²) in [5.41, 5.74) is 4.32. The van der Waals surface area contributed by atoms with Crippen LogP contribution in [0.5, 0.6) is 0 Å². The first-order valence-electron chi connectivity index (χ1n) is 8.28. The van der Waals surface area contributed by atoms with Gasteiger partial charge in [-0.15, -0.1) is 0 Å². The van der Waals surface area contributed by atoms with Crippen molar-refractivity contribution in [3.05, 3.63) is 48.0 Å². The van der Waals surface area contributed by atoms with E-state index in [1.807, 2.05) is 6.33 Å². The lowest BCUT2D eigenvalue weighted by Crippen LogP contribution is -2.06. The lowest BCUT2D eigenvalue weighted by Gasteiger charge is -2.11. The van der Waals surface area contributed by atoms with E-state index in [0.717, 1.165) is 23.5 Å². The van der Waals surface area contributed by atoms with Gasteiger partial charge in [-0.2, -0.15) is 0 Å². The monoisotopic (exact) mass is 307 g/mol. The fraction of sp³-hybridized carbons (Fsp3) is 0.389. The van der Waals surface area contributed by atoms with Crippen LogP contribution in [0, 0.1) is 6.92 Å². The summed E-state index contributed by atoms with van der Waals surface area (Å²) in [5.74, 6) is 0.813. The molecule has 0 aliphatic heterocycles. The molecule has 1 aliphatic carbocycles. The van der Waals surface area contributed by atoms with Gasteiger partial charge in [0, 0.05) is 12.6 Å². The highest BCUT2D eigenvalue weighted by molar-refractivity contribution is 5.82. The smallest absolute Gasteiger partial charge is 0.165 e. The number of rotatable bonds is 4. The minimum Gasteiger partial charge on any atom is -0.364 e. The first kappa shape index (κ1) is 14.2. The maximum absolute atomic E-state index is 4.57. The van der Waals surface area contributed by atoms with Gasteiger partial charge in [-0.25, -0.2) is 15.0 Å². The summed E-state index contributed by atoms with van der Waals surface area (Å²) in [5, 5.41) is 3.41. The van der Waals surface area contributed by atoms with Crippen molar-refractivity contribution in [1.29, 1.82) is 0 Å². The molecule has 4 rings (SSSR count). The summed E-state index contributed by atoms with van der Waals surface area (Å²) in [4.78, 5) is 13.4. The van der Waals surface area contributed by atoms with Crippen LogP contribution in [0.1, 0.15) is 42.9 Å². The second-order valence-electron chi connectivity index (χ2n) is 6.33. The van der Waals surface area contributed by atoms with Crippen LogP contribution in [-0.2, 0) is 6.54 Å². The zero-order valence-electron chi connectivity index (χ0n) is 13.4. The lowest BCUT2D eigenvalue weighted by atomic mass is 10.1. The van der Waals surface area contributed by atoms with E-state index >= 15 is 0 Å². The second-order valence-corrected chi connectivity index (χ2v) is 6.33. The number of anilines is 1. The maximum atomic E-state index is 4.57. The van der Waals surface area contributed by atoms with Gasteiger partial charge in [0.1, 0.15) is 11.8 Å². The number of nitrogens with one attached hydrogen (secondary N) is 1. The molecule has 2 aromatic heterocycles. The highest BCUT2D eigenvalue weighted by Crippen LogP contribution is 2.32. The molecule has 0 saturated heterocycles. The van der Waals surface area contributed by atoms with Gasteiger partial charge >= 0.3 is 0 Å². The summed E-state index contributed by atoms with van der Waals surface area (Å²) in [7, 11) is 0. The standard InChI is InChI=1S/C18H21N5/c1-13-5-4-6-14(9-13)10-19-17-16-18(21-11-20-17)23(12-22-16)15-7-2-3-8-15/h4-6,9,11-12,15H,2-3,7-8,10H2,1H3,(H,19,20,21). The van der Waals surface area contributed by atoms with Crippen LogP contribution in [0.3, 0.4) is 0 Å². The number of hydrogen-bond donors (Lipinski definition) is 1. The highest BCUT2D eigenvalue weighted by Gasteiger charge is 2.20. The van der Waals surface area contributed by atoms with Crippen molar-refractivity contribution in [1.82, 2.24) is 19.5 Å². The zero-order valence-corrected chi connectivity index (χ0v) is 13.4. The molecule has 0 radical (unpaired) electrons. The first-order valence-corrected chi connectivity index (χ1v) is 8.28. The second kappa shape index (κ2) is 5.99. The van der Waals surface area contributed by atoms with Crippen LogP contribution in [0.25, 0.3) is 11.2 Å². The molecule has 118 valence electrons. The van der Waals surface area contributed by atoms with Gasteiger partial charge in [0.2, 0.25) is 0 Å². The number of aromatic nitrogens is 4. The number of fused-ring (bicyclic) bond motifs is 1. The number of nitrogens with zero attached hydrogens (tertiary/aromatic N) is 4. The molecule has 0 spiro atoms. The van der Waals surface area contributed by atoms with Gasteiger partial charge < -0.3 is 9.88 Å². The Morgan fingerprint density at radius 2 is 2.04 bits per heavy atom. The van der Waals surface area contributed by atoms with E-state index in [1.165, 1.54) is 36.8 Å². The molecule has 0 unspecified atom stereocenters. The van der Waals surface area contributed by atoms with Crippen molar-refractivity contribution in [2.75, 3.05) is 5.32 Å². The molecule has 1 fully saturated rings. The average Bonchev–Trinajstić information content (AvgIpc) is 3.22. The largest absolute Gasteiger partial charge is 0.364 e. The SMILES string of the molecule is Cc1cccc(CNc2ncnc3c2ncn3C2CCCC2)c1. The topological polar surface area (TPSA) is 55.6 Å². The molecular formula is C18H21N5. The first-order chi connectivity index (χ1) is 11.3. The van der Waals surface area contributed by atoms with E-state index in [2.05, 4.69) is 56.0 Å². The molecule has 1 aliphatic rings. The van der Waals surface area contributed by atoms with Crippen molar-refractivity contribution < 1.29 is 0 Å². The van der Waals surface area contributed by atoms with E-state index in [1.54, 1.807) is 6.33 Å². The number of hydrogen-bond acceptors (Lipinski definition) is 4. The van der Waals surface area contributed by atoms with Gasteiger partial charge in [0.05, 0.1) is 6.33 Å². The fourth-order valence-corrected chi connectivity index (χ4v) is 3.44. The zero-order chi connectivity index (χ0) is 15.6. The Labute approximate surface area is 135 Å². The molecule has 1 aromatic carbocycles. The van der Waals surface area contributed by atoms with Crippen LogP contribution in [0.2, 0.25) is 0 Å². The Bertz CT molecular complexity index is 817. The average molecular weight is 307 g/mol. The molecule has 0 bridgehead atoms. The van der Waals surface area contributed by atoms with Crippen LogP contribution in [0.15, 0.2) is 36.9 Å². The van der Waals surface area contributed by atoms with Gasteiger partial charge in [-0.05, 0) is 25.3 Å². The Morgan fingerprint density at radius 1 is 1.17 bits per heavy atom. The van der Waals surface area contributed by atoms with E-state index in [9.17, 15) is 0 Å². The summed E-state index contributed by atoms with van der Waals surface area (Å²) in [6.07, 6.45) is 8.60. The normalized spacial score (nSPS) is 15.3. The predicted octanol–water partition coefficient (Wildman–Crippen LogP) is 3.86. The van der Waals surface area contributed by atoms with E-state index in [0.29, 0.717) is 6.04 Å². The Balaban J connectivity index is 1.60. The number of imidazole rings is 1. The van der Waals surface area contributed by atoms with Gasteiger partial charge in [0.15, 0.2) is 11.5 Å². The van der Waals surface area contributed by atoms with Crippen molar-refractivity contribution in [3.63, 3.8) is 0 Å². The molecule has 5 heteroatoms. The minimum absolute atomic E-state index is 0.541. The Morgan fingerprint density at radius 3 is 2.87 bits per heavy atom. The summed E-state index contributed by atoms with van der Waals surface area (Å²) < 4.78 is 2.22. The van der Waals surface area contributed by atoms with Crippen molar-refractivity contribution in [2.45, 2.75) is 45.2 Å². The quantitative estimate of drug-likeness (QED) is 0.795. The highest BCUT2D eigenvalue weighted by atomic mass is 15.2. The molecule has 2 heterocycles. The third-order valence-corrected chi connectivity index (χ3v) is 4.62. The van der Waals surface area contributed by atoms with E-state index in [-0.39, 0.29) is 0 Å². The third-order valence-electron chi connectivity index (χ3n) is 4.62. The minimum atomic E-state index is 0.541. The molecular weight excluding hydrogens is 286 g/mol. The van der Waals surface area contributed by atoms with Crippen molar-refractivity contribution in [2.24, 2.45) is 0 Å². The Hall–Kier alpha value is -2.43. The van der Waals surface area contributed by atoms with Crippen molar-refractivity contribution in [3.8, 4) is 0 Å². The maximum Gasteiger partial charge on any atom is 0.165 e. The third kappa shape index (κ3) is 2.79. The van der Waals surface area contributed by atoms with Crippen LogP contribution < -0.4 is 5.32 Å². The predicted molar refractivity (Wildman–Crippen MR) is 91.3 cm³/mol. The van der Waals surface area contributed by atoms with E-state index < -0.39 is 0 Å². The summed E-state index contributed by atoms with van der Waals surface area (Å²) >= 11 is 0. The van der Waals surface area contributed by atoms with Crippen LogP contribution in [0.4, 0.5) is 5.82 Å². The molecule has 3 aromatic rings. The summed E-state index contributed by atoms with van der Waals surface area (Å²) in [6.45, 7) is 2.85. The van der Waals surface area contributed by atoms with Gasteiger partial charge in [0.25, 0.3) is 0 Å². The summed E-state index contributed by atoms with van der Waals surface area (Å²) in [6, 6.07) is 9.03. The van der Waals surface area contributed by atoms with E-state index in [4.69, 9.17) is 0 Å². The van der Waals surface area contributed by atoms with Crippen LogP contribution in [-0.4, -0.2) is 19.5 Å². The van der Waals surface area contributed by atoms with Crippen LogP contribution >= 0.6 is 0 Å².